The fraction of sp³-hybridized carbons (Fsp3) is 0.143. The molecule has 0 aliphatic carbocycles. The fourth-order valence-electron chi connectivity index (χ4n) is 1.82. The molecule has 3 aromatic rings. The summed E-state index contributed by atoms with van der Waals surface area (Å²) in [6.07, 6.45) is 3.75. The maximum Gasteiger partial charge on any atom is 0.261 e. The number of aryl methyl sites for hydroxylation is 1. The van der Waals surface area contributed by atoms with Gasteiger partial charge in [-0.3, -0.25) is 0 Å². The molecule has 20 heavy (non-hydrogen) atoms. The minimum atomic E-state index is 0.437. The SMILES string of the molecule is Cc1ncncc1-c1nc(Cc2ccc(Cl)cc2)no1. The molecule has 0 N–H and O–H groups in total. The number of aromatic nitrogens is 4. The molecule has 2 aromatic heterocycles. The van der Waals surface area contributed by atoms with Crippen molar-refractivity contribution in [2.45, 2.75) is 13.3 Å². The van der Waals surface area contributed by atoms with Gasteiger partial charge in [0, 0.05) is 17.6 Å². The fourth-order valence-corrected chi connectivity index (χ4v) is 1.95. The van der Waals surface area contributed by atoms with E-state index in [2.05, 4.69) is 20.1 Å². The van der Waals surface area contributed by atoms with E-state index in [0.717, 1.165) is 16.8 Å². The van der Waals surface area contributed by atoms with Gasteiger partial charge in [0.15, 0.2) is 5.82 Å². The molecule has 0 amide bonds. The topological polar surface area (TPSA) is 64.7 Å². The second-order valence-corrected chi connectivity index (χ2v) is 4.78. The van der Waals surface area contributed by atoms with Gasteiger partial charge in [-0.2, -0.15) is 4.98 Å². The van der Waals surface area contributed by atoms with Crippen LogP contribution in [0.5, 0.6) is 0 Å². The lowest BCUT2D eigenvalue weighted by Gasteiger charge is -1.97. The second-order valence-electron chi connectivity index (χ2n) is 4.34. The molecule has 5 nitrogen and oxygen atoms in total. The summed E-state index contributed by atoms with van der Waals surface area (Å²) >= 11 is 5.85. The van der Waals surface area contributed by atoms with Gasteiger partial charge in [-0.1, -0.05) is 28.9 Å². The third-order valence-electron chi connectivity index (χ3n) is 2.89. The Morgan fingerprint density at radius 2 is 2.00 bits per heavy atom. The minimum absolute atomic E-state index is 0.437. The number of halogens is 1. The van der Waals surface area contributed by atoms with Crippen molar-refractivity contribution < 1.29 is 4.52 Å². The van der Waals surface area contributed by atoms with Crippen LogP contribution in [-0.4, -0.2) is 20.1 Å². The van der Waals surface area contributed by atoms with Gasteiger partial charge in [0.2, 0.25) is 0 Å². The van der Waals surface area contributed by atoms with Gasteiger partial charge < -0.3 is 4.52 Å². The predicted molar refractivity (Wildman–Crippen MR) is 74.3 cm³/mol. The van der Waals surface area contributed by atoms with Crippen molar-refractivity contribution >= 4 is 11.6 Å². The van der Waals surface area contributed by atoms with E-state index in [1.807, 2.05) is 31.2 Å². The van der Waals surface area contributed by atoms with Crippen molar-refractivity contribution in [1.82, 2.24) is 20.1 Å². The molecule has 0 fully saturated rings. The zero-order valence-corrected chi connectivity index (χ0v) is 11.5. The van der Waals surface area contributed by atoms with Gasteiger partial charge in [-0.05, 0) is 24.6 Å². The molecule has 0 aliphatic rings. The standard InChI is InChI=1S/C14H11ClN4O/c1-9-12(7-16-8-17-9)14-18-13(19-20-14)6-10-2-4-11(15)5-3-10/h2-5,7-8H,6H2,1H3. The lowest BCUT2D eigenvalue weighted by molar-refractivity contribution is 0.423. The first kappa shape index (κ1) is 12.7. The van der Waals surface area contributed by atoms with Gasteiger partial charge in [-0.15, -0.1) is 0 Å². The van der Waals surface area contributed by atoms with E-state index in [1.165, 1.54) is 6.33 Å². The van der Waals surface area contributed by atoms with Crippen LogP contribution in [-0.2, 0) is 6.42 Å². The van der Waals surface area contributed by atoms with Crippen LogP contribution in [0.3, 0.4) is 0 Å². The van der Waals surface area contributed by atoms with Crippen molar-refractivity contribution in [2.24, 2.45) is 0 Å². The summed E-state index contributed by atoms with van der Waals surface area (Å²) in [7, 11) is 0. The molecule has 3 rings (SSSR count). The first-order chi connectivity index (χ1) is 9.72. The Balaban J connectivity index is 1.84. The molecular weight excluding hydrogens is 276 g/mol. The Kier molecular flexibility index (Phi) is 3.43. The second kappa shape index (κ2) is 5.38. The number of hydrogen-bond donors (Lipinski definition) is 0. The molecule has 1 aromatic carbocycles. The predicted octanol–water partition coefficient (Wildman–Crippen LogP) is 3.08. The van der Waals surface area contributed by atoms with Crippen molar-refractivity contribution in [3.8, 4) is 11.5 Å². The Bertz CT molecular complexity index is 724. The molecule has 0 spiro atoms. The lowest BCUT2D eigenvalue weighted by Crippen LogP contribution is -1.92. The normalized spacial score (nSPS) is 10.7. The number of benzene rings is 1. The smallest absolute Gasteiger partial charge is 0.261 e. The van der Waals surface area contributed by atoms with Gasteiger partial charge >= 0.3 is 0 Å². The highest BCUT2D eigenvalue weighted by Crippen LogP contribution is 2.19. The molecular formula is C14H11ClN4O. The lowest BCUT2D eigenvalue weighted by atomic mass is 10.1. The number of rotatable bonds is 3. The van der Waals surface area contributed by atoms with Crippen molar-refractivity contribution in [2.75, 3.05) is 0 Å². The summed E-state index contributed by atoms with van der Waals surface area (Å²) in [6, 6.07) is 7.56. The largest absolute Gasteiger partial charge is 0.334 e. The van der Waals surface area contributed by atoms with Crippen LogP contribution in [0, 0.1) is 6.92 Å². The number of hydrogen-bond acceptors (Lipinski definition) is 5. The van der Waals surface area contributed by atoms with Gasteiger partial charge in [0.1, 0.15) is 6.33 Å². The van der Waals surface area contributed by atoms with Crippen LogP contribution < -0.4 is 0 Å². The van der Waals surface area contributed by atoms with Crippen LogP contribution in [0.4, 0.5) is 0 Å². The summed E-state index contributed by atoms with van der Waals surface area (Å²) in [5.41, 5.74) is 2.63. The van der Waals surface area contributed by atoms with Gasteiger partial charge in [0.25, 0.3) is 5.89 Å². The van der Waals surface area contributed by atoms with E-state index in [9.17, 15) is 0 Å². The van der Waals surface area contributed by atoms with Gasteiger partial charge in [0.05, 0.1) is 11.3 Å². The summed E-state index contributed by atoms with van der Waals surface area (Å²) in [5.74, 6) is 1.05. The summed E-state index contributed by atoms with van der Waals surface area (Å²) in [5, 5.41) is 4.68. The molecule has 0 saturated heterocycles. The highest BCUT2D eigenvalue weighted by molar-refractivity contribution is 6.30. The summed E-state index contributed by atoms with van der Waals surface area (Å²) in [6.45, 7) is 1.88. The average molecular weight is 287 g/mol. The van der Waals surface area contributed by atoms with E-state index >= 15 is 0 Å². The van der Waals surface area contributed by atoms with E-state index < -0.39 is 0 Å². The number of nitrogens with zero attached hydrogens (tertiary/aromatic N) is 4. The van der Waals surface area contributed by atoms with Crippen molar-refractivity contribution in [3.63, 3.8) is 0 Å². The molecule has 0 radical (unpaired) electrons. The maximum atomic E-state index is 5.85. The van der Waals surface area contributed by atoms with E-state index in [-0.39, 0.29) is 0 Å². The van der Waals surface area contributed by atoms with Crippen LogP contribution >= 0.6 is 11.6 Å². The summed E-state index contributed by atoms with van der Waals surface area (Å²) < 4.78 is 5.26. The van der Waals surface area contributed by atoms with E-state index in [0.29, 0.717) is 23.2 Å². The average Bonchev–Trinajstić information content (AvgIpc) is 2.90. The monoisotopic (exact) mass is 286 g/mol. The molecule has 2 heterocycles. The van der Waals surface area contributed by atoms with Crippen LogP contribution in [0.15, 0.2) is 41.3 Å². The highest BCUT2D eigenvalue weighted by Gasteiger charge is 2.12. The van der Waals surface area contributed by atoms with Crippen molar-refractivity contribution in [1.29, 1.82) is 0 Å². The first-order valence-corrected chi connectivity index (χ1v) is 6.44. The van der Waals surface area contributed by atoms with Crippen molar-refractivity contribution in [3.05, 3.63) is 58.9 Å². The minimum Gasteiger partial charge on any atom is -0.334 e. The molecule has 0 saturated carbocycles. The maximum absolute atomic E-state index is 5.85. The zero-order valence-electron chi connectivity index (χ0n) is 10.7. The Morgan fingerprint density at radius 3 is 2.75 bits per heavy atom. The molecule has 0 aliphatic heterocycles. The Hall–Kier alpha value is -2.27. The van der Waals surface area contributed by atoms with Crippen LogP contribution in [0.2, 0.25) is 5.02 Å². The molecule has 0 atom stereocenters. The van der Waals surface area contributed by atoms with Gasteiger partial charge in [-0.25, -0.2) is 9.97 Å². The zero-order chi connectivity index (χ0) is 13.9. The quantitative estimate of drug-likeness (QED) is 0.740. The Morgan fingerprint density at radius 1 is 1.20 bits per heavy atom. The van der Waals surface area contributed by atoms with E-state index in [4.69, 9.17) is 16.1 Å². The Labute approximate surface area is 120 Å². The van der Waals surface area contributed by atoms with E-state index in [1.54, 1.807) is 6.20 Å². The molecule has 6 heteroatoms. The van der Waals surface area contributed by atoms with Crippen LogP contribution in [0.25, 0.3) is 11.5 Å². The first-order valence-electron chi connectivity index (χ1n) is 6.06. The van der Waals surface area contributed by atoms with Crippen LogP contribution in [0.1, 0.15) is 17.1 Å². The summed E-state index contributed by atoms with van der Waals surface area (Å²) in [4.78, 5) is 12.4. The molecule has 100 valence electrons. The third kappa shape index (κ3) is 2.67. The highest BCUT2D eigenvalue weighted by atomic mass is 35.5. The molecule has 0 unspecified atom stereocenters. The molecule has 0 bridgehead atoms. The third-order valence-corrected chi connectivity index (χ3v) is 3.14.